The molecular weight excluding hydrogens is 442 g/mol. The number of ether oxygens (including phenoxy) is 1. The molecule has 0 spiro atoms. The standard InChI is InChI=1S/C27H33N5O3/c1-18-14-21(4)32(30-18)25-13-8-22(15-28-25)16-29-27(34)23-9-11-24(12-10-23)35-17-26(33)31-19(2)6-5-7-20(31)3/h8-15,19-20H,5-7,16-17H2,1-4H3,(H,29,34). The van der Waals surface area contributed by atoms with Crippen LogP contribution in [-0.4, -0.2) is 50.2 Å². The van der Waals surface area contributed by atoms with Crippen molar-refractivity contribution >= 4 is 11.8 Å². The molecule has 3 aromatic rings. The molecule has 184 valence electrons. The van der Waals surface area contributed by atoms with Gasteiger partial charge >= 0.3 is 0 Å². The van der Waals surface area contributed by atoms with E-state index in [0.29, 0.717) is 17.9 Å². The van der Waals surface area contributed by atoms with Crippen molar-refractivity contribution in [3.8, 4) is 11.6 Å². The van der Waals surface area contributed by atoms with Crippen LogP contribution in [0.4, 0.5) is 0 Å². The van der Waals surface area contributed by atoms with Crippen molar-refractivity contribution in [2.24, 2.45) is 0 Å². The molecule has 0 saturated carbocycles. The molecule has 2 atom stereocenters. The number of benzene rings is 1. The van der Waals surface area contributed by atoms with Gasteiger partial charge in [0.1, 0.15) is 5.75 Å². The molecule has 35 heavy (non-hydrogen) atoms. The van der Waals surface area contributed by atoms with E-state index in [0.717, 1.165) is 42.0 Å². The van der Waals surface area contributed by atoms with Crippen molar-refractivity contribution in [3.63, 3.8) is 0 Å². The molecular formula is C27H33N5O3. The topological polar surface area (TPSA) is 89.4 Å². The van der Waals surface area contributed by atoms with Crippen molar-refractivity contribution in [1.29, 1.82) is 0 Å². The number of carbonyl (C=O) groups excluding carboxylic acids is 2. The van der Waals surface area contributed by atoms with E-state index in [1.165, 1.54) is 0 Å². The summed E-state index contributed by atoms with van der Waals surface area (Å²) in [6.45, 7) is 8.48. The fourth-order valence-electron chi connectivity index (χ4n) is 4.63. The summed E-state index contributed by atoms with van der Waals surface area (Å²) in [5.74, 6) is 1.12. The zero-order valence-corrected chi connectivity index (χ0v) is 20.8. The minimum Gasteiger partial charge on any atom is -0.484 e. The maximum atomic E-state index is 12.6. The summed E-state index contributed by atoms with van der Waals surface area (Å²) in [7, 11) is 0. The van der Waals surface area contributed by atoms with Crippen LogP contribution in [0.1, 0.15) is 60.4 Å². The molecule has 2 unspecified atom stereocenters. The Hall–Kier alpha value is -3.68. The number of nitrogens with zero attached hydrogens (tertiary/aromatic N) is 4. The normalized spacial score (nSPS) is 17.8. The number of aryl methyl sites for hydroxylation is 2. The summed E-state index contributed by atoms with van der Waals surface area (Å²) < 4.78 is 7.50. The summed E-state index contributed by atoms with van der Waals surface area (Å²) in [5, 5.41) is 7.35. The second-order valence-electron chi connectivity index (χ2n) is 9.29. The highest BCUT2D eigenvalue weighted by Gasteiger charge is 2.29. The number of hydrogen-bond donors (Lipinski definition) is 1. The van der Waals surface area contributed by atoms with Gasteiger partial charge in [0.25, 0.3) is 11.8 Å². The lowest BCUT2D eigenvalue weighted by Crippen LogP contribution is -2.49. The average Bonchev–Trinajstić information content (AvgIpc) is 3.19. The molecule has 3 heterocycles. The summed E-state index contributed by atoms with van der Waals surface area (Å²) in [6, 6.07) is 13.1. The lowest BCUT2D eigenvalue weighted by molar-refractivity contribution is -0.139. The van der Waals surface area contributed by atoms with Crippen LogP contribution in [0.2, 0.25) is 0 Å². The van der Waals surface area contributed by atoms with Gasteiger partial charge in [-0.25, -0.2) is 9.67 Å². The minimum absolute atomic E-state index is 0.000836. The lowest BCUT2D eigenvalue weighted by atomic mass is 9.97. The van der Waals surface area contributed by atoms with Crippen molar-refractivity contribution in [1.82, 2.24) is 25.0 Å². The largest absolute Gasteiger partial charge is 0.484 e. The predicted molar refractivity (Wildman–Crippen MR) is 134 cm³/mol. The molecule has 0 bridgehead atoms. The van der Waals surface area contributed by atoms with Gasteiger partial charge < -0.3 is 15.0 Å². The number of hydrogen-bond acceptors (Lipinski definition) is 5. The first-order chi connectivity index (χ1) is 16.8. The van der Waals surface area contributed by atoms with E-state index in [9.17, 15) is 9.59 Å². The number of amides is 2. The number of aromatic nitrogens is 3. The smallest absolute Gasteiger partial charge is 0.260 e. The van der Waals surface area contributed by atoms with Gasteiger partial charge in [-0.1, -0.05) is 6.07 Å². The molecule has 1 aromatic carbocycles. The van der Waals surface area contributed by atoms with E-state index < -0.39 is 0 Å². The Labute approximate surface area is 206 Å². The van der Waals surface area contributed by atoms with Crippen molar-refractivity contribution < 1.29 is 14.3 Å². The first-order valence-corrected chi connectivity index (χ1v) is 12.1. The van der Waals surface area contributed by atoms with Crippen LogP contribution in [0.15, 0.2) is 48.7 Å². The van der Waals surface area contributed by atoms with Crippen LogP contribution < -0.4 is 10.1 Å². The SMILES string of the molecule is Cc1cc(C)n(-c2ccc(CNC(=O)c3ccc(OCC(=O)N4C(C)CCCC4C)cc3)cn2)n1. The van der Waals surface area contributed by atoms with Gasteiger partial charge in [-0.05, 0) is 88.9 Å². The second kappa shape index (κ2) is 10.7. The highest BCUT2D eigenvalue weighted by atomic mass is 16.5. The molecule has 0 radical (unpaired) electrons. The third-order valence-electron chi connectivity index (χ3n) is 6.45. The zero-order chi connectivity index (χ0) is 24.9. The highest BCUT2D eigenvalue weighted by Crippen LogP contribution is 2.23. The molecule has 1 aliphatic heterocycles. The molecule has 1 N–H and O–H groups in total. The number of likely N-dealkylation sites (tertiary alicyclic amines) is 1. The molecule has 4 rings (SSSR count). The Morgan fingerprint density at radius 1 is 1.06 bits per heavy atom. The molecule has 0 aliphatic carbocycles. The van der Waals surface area contributed by atoms with Crippen LogP contribution >= 0.6 is 0 Å². The molecule has 2 aromatic heterocycles. The van der Waals surface area contributed by atoms with E-state index in [2.05, 4.69) is 29.2 Å². The third-order valence-corrected chi connectivity index (χ3v) is 6.45. The number of rotatable bonds is 7. The Balaban J connectivity index is 1.27. The summed E-state index contributed by atoms with van der Waals surface area (Å²) >= 11 is 0. The Bertz CT molecular complexity index is 1160. The first kappa shape index (κ1) is 24.4. The molecule has 2 amide bonds. The van der Waals surface area contributed by atoms with Gasteiger partial charge in [0.05, 0.1) is 5.69 Å². The molecule has 1 saturated heterocycles. The van der Waals surface area contributed by atoms with E-state index in [-0.39, 0.29) is 30.5 Å². The van der Waals surface area contributed by atoms with Gasteiger partial charge in [-0.15, -0.1) is 0 Å². The van der Waals surface area contributed by atoms with Gasteiger partial charge in [-0.2, -0.15) is 5.10 Å². The number of pyridine rings is 1. The fraction of sp³-hybridized carbons (Fsp3) is 0.407. The zero-order valence-electron chi connectivity index (χ0n) is 20.8. The summed E-state index contributed by atoms with van der Waals surface area (Å²) in [6.07, 6.45) is 4.96. The Morgan fingerprint density at radius 2 is 1.77 bits per heavy atom. The lowest BCUT2D eigenvalue weighted by Gasteiger charge is -2.38. The van der Waals surface area contributed by atoms with Crippen LogP contribution in [0.25, 0.3) is 5.82 Å². The average molecular weight is 476 g/mol. The Morgan fingerprint density at radius 3 is 2.37 bits per heavy atom. The number of nitrogens with one attached hydrogen (secondary N) is 1. The number of piperidine rings is 1. The summed E-state index contributed by atoms with van der Waals surface area (Å²) in [5.41, 5.74) is 3.37. The molecule has 1 aliphatic rings. The van der Waals surface area contributed by atoms with Crippen LogP contribution in [0.5, 0.6) is 5.75 Å². The van der Waals surface area contributed by atoms with Gasteiger partial charge in [0.15, 0.2) is 12.4 Å². The van der Waals surface area contributed by atoms with E-state index >= 15 is 0 Å². The predicted octanol–water partition coefficient (Wildman–Crippen LogP) is 3.98. The van der Waals surface area contributed by atoms with E-state index in [1.807, 2.05) is 36.9 Å². The van der Waals surface area contributed by atoms with Crippen LogP contribution in [0, 0.1) is 13.8 Å². The van der Waals surface area contributed by atoms with Crippen molar-refractivity contribution in [3.05, 3.63) is 71.2 Å². The monoisotopic (exact) mass is 475 g/mol. The van der Waals surface area contributed by atoms with Gasteiger partial charge in [0, 0.05) is 36.1 Å². The molecule has 8 heteroatoms. The molecule has 8 nitrogen and oxygen atoms in total. The Kier molecular flexibility index (Phi) is 7.48. The second-order valence-corrected chi connectivity index (χ2v) is 9.29. The highest BCUT2D eigenvalue weighted by molar-refractivity contribution is 5.94. The van der Waals surface area contributed by atoms with E-state index in [4.69, 9.17) is 4.74 Å². The van der Waals surface area contributed by atoms with Gasteiger partial charge in [-0.3, -0.25) is 9.59 Å². The summed E-state index contributed by atoms with van der Waals surface area (Å²) in [4.78, 5) is 31.6. The van der Waals surface area contributed by atoms with Gasteiger partial charge in [0.2, 0.25) is 0 Å². The minimum atomic E-state index is -0.189. The quantitative estimate of drug-likeness (QED) is 0.558. The first-order valence-electron chi connectivity index (χ1n) is 12.1. The third kappa shape index (κ3) is 5.88. The number of carbonyl (C=O) groups is 2. The maximum absolute atomic E-state index is 12.6. The fourth-order valence-corrected chi connectivity index (χ4v) is 4.63. The van der Waals surface area contributed by atoms with Crippen molar-refractivity contribution in [2.75, 3.05) is 6.61 Å². The maximum Gasteiger partial charge on any atom is 0.260 e. The van der Waals surface area contributed by atoms with Crippen LogP contribution in [-0.2, 0) is 11.3 Å². The van der Waals surface area contributed by atoms with Crippen LogP contribution in [0.3, 0.4) is 0 Å². The van der Waals surface area contributed by atoms with E-state index in [1.54, 1.807) is 35.1 Å². The molecule has 1 fully saturated rings. The van der Waals surface area contributed by atoms with Crippen molar-refractivity contribution in [2.45, 2.75) is 65.6 Å².